The second-order valence-electron chi connectivity index (χ2n) is 3.03. The molecule has 0 amide bonds. The summed E-state index contributed by atoms with van der Waals surface area (Å²) in [5.41, 5.74) is 1.33. The van der Waals surface area contributed by atoms with Crippen LogP contribution in [0, 0.1) is 12.7 Å². The first-order chi connectivity index (χ1) is 7.09. The van der Waals surface area contributed by atoms with Crippen molar-refractivity contribution in [2.45, 2.75) is 6.92 Å². The van der Waals surface area contributed by atoms with Crippen LogP contribution in [-0.4, -0.2) is 5.16 Å². The van der Waals surface area contributed by atoms with Crippen molar-refractivity contribution in [1.29, 1.82) is 0 Å². The van der Waals surface area contributed by atoms with Gasteiger partial charge in [0, 0.05) is 5.56 Å². The summed E-state index contributed by atoms with van der Waals surface area (Å²) in [6.07, 6.45) is 0. The van der Waals surface area contributed by atoms with Gasteiger partial charge in [0.25, 0.3) is 0 Å². The highest BCUT2D eigenvalue weighted by atomic mass is 79.9. The molecule has 0 bridgehead atoms. The van der Waals surface area contributed by atoms with Gasteiger partial charge in [0.1, 0.15) is 17.3 Å². The number of aryl methyl sites for hydroxylation is 1. The minimum atomic E-state index is -0.447. The molecule has 15 heavy (non-hydrogen) atoms. The van der Waals surface area contributed by atoms with Crippen LogP contribution in [0.15, 0.2) is 27.2 Å². The third-order valence-corrected chi connectivity index (χ3v) is 3.21. The van der Waals surface area contributed by atoms with E-state index >= 15 is 0 Å². The second-order valence-corrected chi connectivity index (χ2v) is 4.23. The third kappa shape index (κ3) is 1.92. The molecule has 0 N–H and O–H groups in total. The molecule has 0 aliphatic carbocycles. The zero-order chi connectivity index (χ0) is 11.0. The van der Waals surface area contributed by atoms with Crippen molar-refractivity contribution in [2.24, 2.45) is 0 Å². The Morgan fingerprint density at radius 3 is 2.73 bits per heavy atom. The van der Waals surface area contributed by atoms with Gasteiger partial charge in [-0.3, -0.25) is 0 Å². The molecule has 0 atom stereocenters. The second kappa shape index (κ2) is 3.94. The minimum absolute atomic E-state index is 0.0695. The van der Waals surface area contributed by atoms with E-state index in [0.29, 0.717) is 17.0 Å². The SMILES string of the molecule is Cc1onc(-c2ccc(F)c(Cl)c2)c1Br. The van der Waals surface area contributed by atoms with E-state index in [1.54, 1.807) is 13.0 Å². The summed E-state index contributed by atoms with van der Waals surface area (Å²) in [7, 11) is 0. The van der Waals surface area contributed by atoms with E-state index in [-0.39, 0.29) is 5.02 Å². The molecule has 0 saturated heterocycles. The smallest absolute Gasteiger partial charge is 0.148 e. The van der Waals surface area contributed by atoms with Crippen LogP contribution in [-0.2, 0) is 0 Å². The van der Waals surface area contributed by atoms with Crippen LogP contribution in [0.4, 0.5) is 4.39 Å². The first-order valence-electron chi connectivity index (χ1n) is 4.17. The van der Waals surface area contributed by atoms with Crippen molar-refractivity contribution in [3.63, 3.8) is 0 Å². The minimum Gasteiger partial charge on any atom is -0.360 e. The Balaban J connectivity index is 2.55. The molecular formula is C10H6BrClFNO. The molecule has 0 aliphatic rings. The zero-order valence-electron chi connectivity index (χ0n) is 7.72. The van der Waals surface area contributed by atoms with Crippen molar-refractivity contribution < 1.29 is 8.91 Å². The van der Waals surface area contributed by atoms with E-state index in [4.69, 9.17) is 16.1 Å². The lowest BCUT2D eigenvalue weighted by Gasteiger charge is -1.98. The maximum atomic E-state index is 12.9. The highest BCUT2D eigenvalue weighted by Gasteiger charge is 2.13. The van der Waals surface area contributed by atoms with Gasteiger partial charge in [-0.15, -0.1) is 0 Å². The number of benzene rings is 1. The number of hydrogen-bond donors (Lipinski definition) is 0. The molecule has 0 fully saturated rings. The Labute approximate surface area is 99.2 Å². The van der Waals surface area contributed by atoms with Gasteiger partial charge in [-0.2, -0.15) is 0 Å². The topological polar surface area (TPSA) is 26.0 Å². The Morgan fingerprint density at radius 2 is 2.20 bits per heavy atom. The van der Waals surface area contributed by atoms with Gasteiger partial charge in [0.15, 0.2) is 0 Å². The molecule has 0 aliphatic heterocycles. The predicted octanol–water partition coefficient (Wildman–Crippen LogP) is 4.21. The van der Waals surface area contributed by atoms with Crippen LogP contribution in [0.3, 0.4) is 0 Å². The van der Waals surface area contributed by atoms with E-state index in [1.807, 2.05) is 0 Å². The Morgan fingerprint density at radius 1 is 1.47 bits per heavy atom. The lowest BCUT2D eigenvalue weighted by molar-refractivity contribution is 0.399. The molecule has 5 heteroatoms. The van der Waals surface area contributed by atoms with E-state index in [9.17, 15) is 4.39 Å². The van der Waals surface area contributed by atoms with Crippen LogP contribution < -0.4 is 0 Å². The van der Waals surface area contributed by atoms with Crippen LogP contribution >= 0.6 is 27.5 Å². The number of aromatic nitrogens is 1. The molecule has 1 aromatic heterocycles. The molecule has 0 saturated carbocycles. The van der Waals surface area contributed by atoms with Crippen molar-refractivity contribution in [1.82, 2.24) is 5.16 Å². The fourth-order valence-corrected chi connectivity index (χ4v) is 1.74. The van der Waals surface area contributed by atoms with Gasteiger partial charge in [0.2, 0.25) is 0 Å². The molecule has 2 aromatic rings. The van der Waals surface area contributed by atoms with Gasteiger partial charge in [0.05, 0.1) is 9.50 Å². The highest BCUT2D eigenvalue weighted by molar-refractivity contribution is 9.10. The fourth-order valence-electron chi connectivity index (χ4n) is 1.18. The average Bonchev–Trinajstić information content (AvgIpc) is 2.53. The third-order valence-electron chi connectivity index (χ3n) is 1.98. The van der Waals surface area contributed by atoms with Gasteiger partial charge in [-0.25, -0.2) is 4.39 Å². The van der Waals surface area contributed by atoms with Crippen molar-refractivity contribution >= 4 is 27.5 Å². The van der Waals surface area contributed by atoms with Crippen molar-refractivity contribution in [3.8, 4) is 11.3 Å². The summed E-state index contributed by atoms with van der Waals surface area (Å²) in [6, 6.07) is 4.41. The Hall–Kier alpha value is -0.870. The summed E-state index contributed by atoms with van der Waals surface area (Å²) in [4.78, 5) is 0. The average molecular weight is 291 g/mol. The lowest BCUT2D eigenvalue weighted by Crippen LogP contribution is -1.82. The molecule has 78 valence electrons. The number of rotatable bonds is 1. The number of hydrogen-bond acceptors (Lipinski definition) is 2. The lowest BCUT2D eigenvalue weighted by atomic mass is 10.1. The first-order valence-corrected chi connectivity index (χ1v) is 5.34. The molecule has 1 aromatic carbocycles. The maximum Gasteiger partial charge on any atom is 0.148 e. The number of nitrogens with zero attached hydrogens (tertiary/aromatic N) is 1. The van der Waals surface area contributed by atoms with E-state index in [1.165, 1.54) is 12.1 Å². The van der Waals surface area contributed by atoms with Gasteiger partial charge in [-0.05, 0) is 41.1 Å². The van der Waals surface area contributed by atoms with Gasteiger partial charge >= 0.3 is 0 Å². The van der Waals surface area contributed by atoms with Gasteiger partial charge < -0.3 is 4.52 Å². The monoisotopic (exact) mass is 289 g/mol. The van der Waals surface area contributed by atoms with Crippen LogP contribution in [0.5, 0.6) is 0 Å². The molecule has 0 radical (unpaired) electrons. The maximum absolute atomic E-state index is 12.9. The van der Waals surface area contributed by atoms with E-state index in [2.05, 4.69) is 21.1 Å². The summed E-state index contributed by atoms with van der Waals surface area (Å²) >= 11 is 9.01. The van der Waals surface area contributed by atoms with Crippen LogP contribution in [0.25, 0.3) is 11.3 Å². The van der Waals surface area contributed by atoms with Gasteiger partial charge in [-0.1, -0.05) is 16.8 Å². The Bertz CT molecular complexity index is 512. The number of halogens is 3. The van der Waals surface area contributed by atoms with Crippen LogP contribution in [0.2, 0.25) is 5.02 Å². The molecule has 2 nitrogen and oxygen atoms in total. The normalized spacial score (nSPS) is 10.7. The van der Waals surface area contributed by atoms with Crippen molar-refractivity contribution in [3.05, 3.63) is 39.3 Å². The quantitative estimate of drug-likeness (QED) is 0.786. The Kier molecular flexibility index (Phi) is 2.80. The molecule has 0 spiro atoms. The van der Waals surface area contributed by atoms with Crippen LogP contribution in [0.1, 0.15) is 5.76 Å². The zero-order valence-corrected chi connectivity index (χ0v) is 10.1. The molecular weight excluding hydrogens is 284 g/mol. The summed E-state index contributed by atoms with van der Waals surface area (Å²) in [6.45, 7) is 1.78. The molecule has 1 heterocycles. The molecule has 0 unspecified atom stereocenters. The fraction of sp³-hybridized carbons (Fsp3) is 0.100. The predicted molar refractivity (Wildman–Crippen MR) is 59.3 cm³/mol. The van der Waals surface area contributed by atoms with E-state index < -0.39 is 5.82 Å². The summed E-state index contributed by atoms with van der Waals surface area (Å²) in [5, 5.41) is 3.92. The summed E-state index contributed by atoms with van der Waals surface area (Å²) in [5.74, 6) is 0.224. The standard InChI is InChI=1S/C10H6BrClFNO/c1-5-9(11)10(14-15-5)6-2-3-8(13)7(12)4-6/h2-4H,1H3. The summed E-state index contributed by atoms with van der Waals surface area (Å²) < 4.78 is 18.7. The molecule has 2 rings (SSSR count). The first kappa shape index (κ1) is 10.6. The highest BCUT2D eigenvalue weighted by Crippen LogP contribution is 2.31. The van der Waals surface area contributed by atoms with E-state index in [0.717, 1.165) is 4.47 Å². The van der Waals surface area contributed by atoms with Crippen molar-refractivity contribution in [2.75, 3.05) is 0 Å². The largest absolute Gasteiger partial charge is 0.360 e.